The van der Waals surface area contributed by atoms with Crippen LogP contribution in [0.25, 0.3) is 0 Å². The largest absolute Gasteiger partial charge is 0.382 e. The maximum Gasteiger partial charge on any atom is 0.0934 e. The quantitative estimate of drug-likeness (QED) is 0.569. The van der Waals surface area contributed by atoms with Gasteiger partial charge in [-0.1, -0.05) is 0 Å². The Bertz CT molecular complexity index is 80.2. The van der Waals surface area contributed by atoms with Gasteiger partial charge in [0, 0.05) is 20.3 Å². The first kappa shape index (κ1) is 10.9. The van der Waals surface area contributed by atoms with Gasteiger partial charge in [-0.05, 0) is 21.0 Å². The molecule has 3 heteroatoms. The number of ether oxygens (including phenoxy) is 2. The van der Waals surface area contributed by atoms with Gasteiger partial charge in [0.2, 0.25) is 0 Å². The van der Waals surface area contributed by atoms with Crippen LogP contribution in [-0.4, -0.2) is 52.0 Å². The second-order valence-electron chi connectivity index (χ2n) is 2.79. The molecule has 0 amide bonds. The van der Waals surface area contributed by atoms with Gasteiger partial charge in [-0.3, -0.25) is 0 Å². The highest BCUT2D eigenvalue weighted by Crippen LogP contribution is 1.94. The van der Waals surface area contributed by atoms with Crippen molar-refractivity contribution in [2.24, 2.45) is 0 Å². The SMILES string of the molecule is CCOC(COC)CN(C)C. The fourth-order valence-electron chi connectivity index (χ4n) is 0.982. The zero-order valence-electron chi connectivity index (χ0n) is 7.96. The van der Waals surface area contributed by atoms with Crippen molar-refractivity contribution in [3.05, 3.63) is 0 Å². The zero-order valence-corrected chi connectivity index (χ0v) is 7.96. The molecular weight excluding hydrogens is 142 g/mol. The third-order valence-electron chi connectivity index (χ3n) is 1.32. The second kappa shape index (κ2) is 6.58. The summed E-state index contributed by atoms with van der Waals surface area (Å²) in [5.41, 5.74) is 0. The molecular formula is C8H19NO2. The molecule has 0 spiro atoms. The predicted molar refractivity (Wildman–Crippen MR) is 45.8 cm³/mol. The highest BCUT2D eigenvalue weighted by molar-refractivity contribution is 4.59. The molecule has 68 valence electrons. The highest BCUT2D eigenvalue weighted by Gasteiger charge is 2.08. The van der Waals surface area contributed by atoms with Crippen LogP contribution in [0.2, 0.25) is 0 Å². The van der Waals surface area contributed by atoms with Crippen LogP contribution < -0.4 is 0 Å². The smallest absolute Gasteiger partial charge is 0.0934 e. The van der Waals surface area contributed by atoms with Crippen LogP contribution in [0.5, 0.6) is 0 Å². The van der Waals surface area contributed by atoms with Gasteiger partial charge < -0.3 is 14.4 Å². The molecule has 3 nitrogen and oxygen atoms in total. The van der Waals surface area contributed by atoms with E-state index in [4.69, 9.17) is 9.47 Å². The Kier molecular flexibility index (Phi) is 6.51. The minimum atomic E-state index is 0.208. The van der Waals surface area contributed by atoms with Crippen LogP contribution >= 0.6 is 0 Å². The van der Waals surface area contributed by atoms with Gasteiger partial charge >= 0.3 is 0 Å². The lowest BCUT2D eigenvalue weighted by atomic mass is 10.3. The molecule has 0 aromatic rings. The number of likely N-dealkylation sites (N-methyl/N-ethyl adjacent to an activating group) is 1. The van der Waals surface area contributed by atoms with E-state index in [0.29, 0.717) is 6.61 Å². The minimum absolute atomic E-state index is 0.208. The Morgan fingerprint density at radius 1 is 1.36 bits per heavy atom. The molecule has 11 heavy (non-hydrogen) atoms. The summed E-state index contributed by atoms with van der Waals surface area (Å²) in [6.45, 7) is 4.34. The van der Waals surface area contributed by atoms with Gasteiger partial charge in [-0.25, -0.2) is 0 Å². The van der Waals surface area contributed by atoms with Crippen LogP contribution in [0.15, 0.2) is 0 Å². The highest BCUT2D eigenvalue weighted by atomic mass is 16.5. The monoisotopic (exact) mass is 161 g/mol. The topological polar surface area (TPSA) is 21.7 Å². The van der Waals surface area contributed by atoms with E-state index in [1.807, 2.05) is 21.0 Å². The first-order valence-electron chi connectivity index (χ1n) is 3.96. The Morgan fingerprint density at radius 2 is 2.00 bits per heavy atom. The molecule has 1 unspecified atom stereocenters. The summed E-state index contributed by atoms with van der Waals surface area (Å²) in [4.78, 5) is 2.10. The van der Waals surface area contributed by atoms with Crippen molar-refractivity contribution in [3.8, 4) is 0 Å². The van der Waals surface area contributed by atoms with Gasteiger partial charge in [0.15, 0.2) is 0 Å². The third-order valence-corrected chi connectivity index (χ3v) is 1.32. The fourth-order valence-corrected chi connectivity index (χ4v) is 0.982. The summed E-state index contributed by atoms with van der Waals surface area (Å²) in [7, 11) is 5.76. The van der Waals surface area contributed by atoms with Crippen LogP contribution in [0, 0.1) is 0 Å². The maximum absolute atomic E-state index is 5.43. The van der Waals surface area contributed by atoms with Crippen molar-refractivity contribution in [1.82, 2.24) is 4.90 Å². The first-order chi connectivity index (χ1) is 5.20. The first-order valence-corrected chi connectivity index (χ1v) is 3.96. The van der Waals surface area contributed by atoms with Crippen LogP contribution in [0.4, 0.5) is 0 Å². The lowest BCUT2D eigenvalue weighted by Gasteiger charge is -2.19. The number of rotatable bonds is 6. The minimum Gasteiger partial charge on any atom is -0.382 e. The van der Waals surface area contributed by atoms with Crippen molar-refractivity contribution in [3.63, 3.8) is 0 Å². The normalized spacial score (nSPS) is 13.9. The van der Waals surface area contributed by atoms with E-state index in [0.717, 1.165) is 13.2 Å². The molecule has 0 N–H and O–H groups in total. The van der Waals surface area contributed by atoms with Crippen LogP contribution in [0.3, 0.4) is 0 Å². The van der Waals surface area contributed by atoms with Crippen molar-refractivity contribution in [1.29, 1.82) is 0 Å². The number of nitrogens with zero attached hydrogens (tertiary/aromatic N) is 1. The summed E-state index contributed by atoms with van der Waals surface area (Å²) >= 11 is 0. The molecule has 0 heterocycles. The second-order valence-corrected chi connectivity index (χ2v) is 2.79. The van der Waals surface area contributed by atoms with Crippen LogP contribution in [-0.2, 0) is 9.47 Å². The number of hydrogen-bond acceptors (Lipinski definition) is 3. The molecule has 0 aliphatic rings. The van der Waals surface area contributed by atoms with Crippen molar-refractivity contribution in [2.45, 2.75) is 13.0 Å². The van der Waals surface area contributed by atoms with E-state index in [1.165, 1.54) is 0 Å². The van der Waals surface area contributed by atoms with E-state index >= 15 is 0 Å². The molecule has 0 aromatic carbocycles. The van der Waals surface area contributed by atoms with E-state index in [2.05, 4.69) is 4.90 Å². The average molecular weight is 161 g/mol. The van der Waals surface area contributed by atoms with Gasteiger partial charge in [0.25, 0.3) is 0 Å². The molecule has 0 aliphatic carbocycles. The van der Waals surface area contributed by atoms with E-state index < -0.39 is 0 Å². The molecule has 1 atom stereocenters. The maximum atomic E-state index is 5.43. The molecule has 0 saturated heterocycles. The summed E-state index contributed by atoms with van der Waals surface area (Å²) in [5.74, 6) is 0. The van der Waals surface area contributed by atoms with Crippen LogP contribution in [0.1, 0.15) is 6.92 Å². The predicted octanol–water partition coefficient (Wildman–Crippen LogP) is 0.599. The molecule has 0 bridgehead atoms. The summed E-state index contributed by atoms with van der Waals surface area (Å²) < 4.78 is 10.4. The molecule has 0 radical (unpaired) electrons. The number of methoxy groups -OCH3 is 1. The fraction of sp³-hybridized carbons (Fsp3) is 1.00. The van der Waals surface area contributed by atoms with Gasteiger partial charge in [0.1, 0.15) is 0 Å². The van der Waals surface area contributed by atoms with Crippen molar-refractivity contribution in [2.75, 3.05) is 41.0 Å². The summed E-state index contributed by atoms with van der Waals surface area (Å²) in [6, 6.07) is 0. The van der Waals surface area contributed by atoms with E-state index in [9.17, 15) is 0 Å². The summed E-state index contributed by atoms with van der Waals surface area (Å²) in [5, 5.41) is 0. The Morgan fingerprint density at radius 3 is 2.36 bits per heavy atom. The van der Waals surface area contributed by atoms with E-state index in [1.54, 1.807) is 7.11 Å². The zero-order chi connectivity index (χ0) is 8.69. The molecule has 0 saturated carbocycles. The van der Waals surface area contributed by atoms with Crippen molar-refractivity contribution >= 4 is 0 Å². The summed E-state index contributed by atoms with van der Waals surface area (Å²) in [6.07, 6.45) is 0.208. The molecule has 0 aliphatic heterocycles. The molecule has 0 rings (SSSR count). The third kappa shape index (κ3) is 6.28. The Balaban J connectivity index is 3.50. The van der Waals surface area contributed by atoms with E-state index in [-0.39, 0.29) is 6.10 Å². The lowest BCUT2D eigenvalue weighted by Crippen LogP contribution is -2.31. The van der Waals surface area contributed by atoms with Gasteiger partial charge in [0.05, 0.1) is 12.7 Å². The lowest BCUT2D eigenvalue weighted by molar-refractivity contribution is -0.00829. The molecule has 0 aromatic heterocycles. The number of hydrogen-bond donors (Lipinski definition) is 0. The standard InChI is InChI=1S/C8H19NO2/c1-5-11-8(7-10-4)6-9(2)3/h8H,5-7H2,1-4H3. The molecule has 0 fully saturated rings. The average Bonchev–Trinajstić information content (AvgIpc) is 1.87. The van der Waals surface area contributed by atoms with Gasteiger partial charge in [-0.2, -0.15) is 0 Å². The Labute approximate surface area is 69.3 Å². The van der Waals surface area contributed by atoms with Crippen molar-refractivity contribution < 1.29 is 9.47 Å². The Hall–Kier alpha value is -0.120. The van der Waals surface area contributed by atoms with Gasteiger partial charge in [-0.15, -0.1) is 0 Å².